The minimum atomic E-state index is -1.57. The summed E-state index contributed by atoms with van der Waals surface area (Å²) in [6, 6.07) is 11.6. The second kappa shape index (κ2) is 15.8. The molecule has 5 bridgehead atoms. The lowest BCUT2D eigenvalue weighted by Gasteiger charge is -2.39. The average molecular weight is 799 g/mol. The molecule has 278 valence electrons. The summed E-state index contributed by atoms with van der Waals surface area (Å²) in [5, 5.41) is 14.1. The van der Waals surface area contributed by atoms with Crippen molar-refractivity contribution in [2.45, 2.75) is 76.0 Å². The third-order valence-corrected chi connectivity index (χ3v) is 11.3. The van der Waals surface area contributed by atoms with Crippen LogP contribution >= 0.6 is 27.5 Å². The van der Waals surface area contributed by atoms with Crippen LogP contribution in [0, 0.1) is 24.7 Å². The predicted molar refractivity (Wildman–Crippen MR) is 199 cm³/mol. The maximum atomic E-state index is 15.3. The summed E-state index contributed by atoms with van der Waals surface area (Å²) in [5.41, 5.74) is 0.251. The lowest BCUT2D eigenvalue weighted by molar-refractivity contribution is -0.162. The van der Waals surface area contributed by atoms with Crippen LogP contribution in [0.3, 0.4) is 0 Å². The van der Waals surface area contributed by atoms with Gasteiger partial charge in [-0.25, -0.2) is 0 Å². The number of benzene rings is 2. The van der Waals surface area contributed by atoms with Crippen LogP contribution in [0.1, 0.15) is 50.3 Å². The fourth-order valence-corrected chi connectivity index (χ4v) is 9.29. The number of nitrogens with one attached hydrogen (secondary N) is 1. The highest BCUT2D eigenvalue weighted by Crippen LogP contribution is 2.59. The van der Waals surface area contributed by atoms with Gasteiger partial charge in [-0.15, -0.1) is 0 Å². The molecular formula is C39H45BrClN3O8. The first-order chi connectivity index (χ1) is 24.9. The zero-order valence-corrected chi connectivity index (χ0v) is 32.0. The molecule has 0 unspecified atom stereocenters. The van der Waals surface area contributed by atoms with E-state index in [1.807, 2.05) is 51.1 Å². The molecule has 0 saturated carbocycles. The van der Waals surface area contributed by atoms with Gasteiger partial charge in [0.15, 0.2) is 0 Å². The second-order valence-electron chi connectivity index (χ2n) is 14.3. The van der Waals surface area contributed by atoms with Crippen LogP contribution in [-0.2, 0) is 33.4 Å². The summed E-state index contributed by atoms with van der Waals surface area (Å²) in [5.74, 6) is -4.19. The highest BCUT2D eigenvalue weighted by molar-refractivity contribution is 9.11. The molecule has 0 aromatic heterocycles. The van der Waals surface area contributed by atoms with E-state index < -0.39 is 72.2 Å². The minimum absolute atomic E-state index is 0.0405. The number of hydrogen-bond donors (Lipinski definition) is 2. The number of carbonyl (C=O) groups excluding carboxylic acids is 4. The summed E-state index contributed by atoms with van der Waals surface area (Å²) in [6.07, 6.45) is 4.35. The Hall–Kier alpha value is -3.55. The van der Waals surface area contributed by atoms with Gasteiger partial charge in [-0.3, -0.25) is 19.2 Å². The van der Waals surface area contributed by atoms with Crippen LogP contribution in [0.15, 0.2) is 71.2 Å². The number of halogens is 2. The summed E-state index contributed by atoms with van der Waals surface area (Å²) < 4.78 is 19.1. The quantitative estimate of drug-likeness (QED) is 0.281. The number of methoxy groups -OCH3 is 1. The minimum Gasteiger partial charge on any atom is -0.455 e. The number of fused-ring (bicyclic) bond motifs is 2. The number of hydrogen-bond acceptors (Lipinski definition) is 8. The first-order valence-corrected chi connectivity index (χ1v) is 18.8. The molecule has 0 aliphatic carbocycles. The molecule has 2 N–H and O–H groups in total. The van der Waals surface area contributed by atoms with E-state index in [0.717, 1.165) is 5.56 Å². The highest BCUT2D eigenvalue weighted by atomic mass is 79.9. The lowest BCUT2D eigenvalue weighted by Crippen LogP contribution is -2.59. The number of rotatable bonds is 8. The van der Waals surface area contributed by atoms with Crippen molar-refractivity contribution < 1.29 is 38.5 Å². The highest BCUT2D eigenvalue weighted by Gasteiger charge is 2.75. The van der Waals surface area contributed by atoms with Crippen molar-refractivity contribution in [1.82, 2.24) is 10.2 Å². The van der Waals surface area contributed by atoms with Gasteiger partial charge in [0.25, 0.3) is 5.91 Å². The van der Waals surface area contributed by atoms with Crippen molar-refractivity contribution in [2.75, 3.05) is 31.8 Å². The average Bonchev–Trinajstić information content (AvgIpc) is 3.71. The number of aliphatic hydroxyl groups excluding tert-OH is 1. The van der Waals surface area contributed by atoms with Crippen LogP contribution in [0.4, 0.5) is 5.69 Å². The van der Waals surface area contributed by atoms with E-state index in [9.17, 15) is 19.5 Å². The van der Waals surface area contributed by atoms with E-state index in [2.05, 4.69) is 21.2 Å². The lowest BCUT2D eigenvalue weighted by atomic mass is 9.74. The maximum absolute atomic E-state index is 15.3. The normalized spacial score (nSPS) is 30.7. The van der Waals surface area contributed by atoms with Gasteiger partial charge in [-0.1, -0.05) is 96.0 Å². The van der Waals surface area contributed by atoms with Gasteiger partial charge >= 0.3 is 5.97 Å². The number of amides is 3. The number of allylic oxidation sites excluding steroid dienone is 1. The molecule has 4 aliphatic rings. The maximum Gasteiger partial charge on any atom is 0.313 e. The molecule has 13 heteroatoms. The van der Waals surface area contributed by atoms with E-state index >= 15 is 4.79 Å². The van der Waals surface area contributed by atoms with Crippen LogP contribution in [0.5, 0.6) is 0 Å². The number of likely N-dealkylation sites (tertiary alicyclic amines) is 1. The van der Waals surface area contributed by atoms with E-state index in [1.54, 1.807) is 36.4 Å². The van der Waals surface area contributed by atoms with Crippen LogP contribution in [0.25, 0.3) is 0 Å². The molecule has 4 aliphatic heterocycles. The number of carbonyl (C=O) groups is 4. The Kier molecular flexibility index (Phi) is 11.6. The molecule has 6 rings (SSSR count). The number of para-hydroxylation sites is 1. The van der Waals surface area contributed by atoms with E-state index in [1.165, 1.54) is 16.9 Å². The van der Waals surface area contributed by atoms with E-state index in [-0.39, 0.29) is 31.4 Å². The van der Waals surface area contributed by atoms with Crippen molar-refractivity contribution >= 4 is 56.9 Å². The molecule has 0 radical (unpaired) electrons. The third-order valence-electron chi connectivity index (χ3n) is 10.4. The molecule has 2 saturated heterocycles. The smallest absolute Gasteiger partial charge is 0.313 e. The van der Waals surface area contributed by atoms with Gasteiger partial charge in [0.1, 0.15) is 29.8 Å². The van der Waals surface area contributed by atoms with Crippen LogP contribution in [-0.4, -0.2) is 90.4 Å². The number of aryl methyl sites for hydroxylation is 1. The first kappa shape index (κ1) is 38.2. The van der Waals surface area contributed by atoms with Gasteiger partial charge in [0, 0.05) is 24.6 Å². The number of anilines is 1. The Morgan fingerprint density at radius 3 is 2.48 bits per heavy atom. The SMILES string of the molecule is COC[C@@H]1NC(=O)CC/C=C\CN(c2c(C)cccc2Cl)C(=O)[C@H]2N([C@@H](CO)CC(C)C)C(=O)[C@@H]3[C@@H](C(=O)O[C@H]1c1ccccc1)[C@@H]1O[C@@]32C=C1Br. The molecule has 2 aromatic rings. The molecule has 52 heavy (non-hydrogen) atoms. The zero-order chi connectivity index (χ0) is 37.3. The number of cyclic esters (lactones) is 1. The van der Waals surface area contributed by atoms with Crippen molar-refractivity contribution in [3.8, 4) is 0 Å². The Balaban J connectivity index is 1.53. The molecule has 2 aromatic carbocycles. The van der Waals surface area contributed by atoms with Gasteiger partial charge < -0.3 is 34.4 Å². The van der Waals surface area contributed by atoms with Crippen LogP contribution in [0.2, 0.25) is 5.02 Å². The van der Waals surface area contributed by atoms with Crippen molar-refractivity contribution in [2.24, 2.45) is 17.8 Å². The Morgan fingerprint density at radius 1 is 1.06 bits per heavy atom. The summed E-state index contributed by atoms with van der Waals surface area (Å²) >= 11 is 10.4. The van der Waals surface area contributed by atoms with Gasteiger partial charge in [0.05, 0.1) is 41.9 Å². The van der Waals surface area contributed by atoms with E-state index in [0.29, 0.717) is 33.6 Å². The Morgan fingerprint density at radius 2 is 1.81 bits per heavy atom. The van der Waals surface area contributed by atoms with Crippen molar-refractivity contribution in [3.05, 3.63) is 87.4 Å². The fourth-order valence-electron chi connectivity index (χ4n) is 8.23. The predicted octanol–water partition coefficient (Wildman–Crippen LogP) is 5.03. The van der Waals surface area contributed by atoms with Gasteiger partial charge in [0.2, 0.25) is 11.8 Å². The number of ether oxygens (including phenoxy) is 3. The largest absolute Gasteiger partial charge is 0.455 e. The summed E-state index contributed by atoms with van der Waals surface area (Å²) in [6.45, 7) is 5.51. The molecule has 11 nitrogen and oxygen atoms in total. The zero-order valence-electron chi connectivity index (χ0n) is 29.7. The first-order valence-electron chi connectivity index (χ1n) is 17.7. The molecule has 4 heterocycles. The molecule has 1 spiro atoms. The Bertz CT molecular complexity index is 1730. The number of nitrogens with zero attached hydrogens (tertiary/aromatic N) is 2. The van der Waals surface area contributed by atoms with Gasteiger partial charge in [-0.2, -0.15) is 0 Å². The molecule has 2 fully saturated rings. The van der Waals surface area contributed by atoms with Crippen LogP contribution < -0.4 is 10.2 Å². The molecule has 3 amide bonds. The fraction of sp³-hybridized carbons (Fsp3) is 0.487. The van der Waals surface area contributed by atoms with Crippen molar-refractivity contribution in [1.29, 1.82) is 0 Å². The number of aliphatic hydroxyl groups is 1. The molecule has 8 atom stereocenters. The topological polar surface area (TPSA) is 135 Å². The van der Waals surface area contributed by atoms with Crippen molar-refractivity contribution in [3.63, 3.8) is 0 Å². The van der Waals surface area contributed by atoms with E-state index in [4.69, 9.17) is 25.8 Å². The molecular weight excluding hydrogens is 754 g/mol. The summed E-state index contributed by atoms with van der Waals surface area (Å²) in [7, 11) is 1.50. The van der Waals surface area contributed by atoms with Gasteiger partial charge in [-0.05, 0) is 49.0 Å². The monoisotopic (exact) mass is 797 g/mol. The Labute approximate surface area is 317 Å². The standard InChI is InChI=1S/C39H45BrClN3O8/c1-22(2)18-25(20-45)44-35-37(48)43(32-23(3)12-11-15-27(32)41)17-10-6-9-16-29(46)42-28(21-50-4)33(24-13-7-5-8-14-24)51-38(49)30-31(36(44)47)39(35)19-26(40)34(30)52-39/h5-8,10-15,19,22,25,28,30-31,33-35,45H,9,16-18,20-21H2,1-4H3,(H,42,46)/b10-6-/t25-,28+,30-,31+,33+,34-,35-,39+/m1/s1. The number of esters is 1. The second-order valence-corrected chi connectivity index (χ2v) is 15.6. The third kappa shape index (κ3) is 6.96. The summed E-state index contributed by atoms with van der Waals surface area (Å²) in [4.78, 5) is 61.2.